The van der Waals surface area contributed by atoms with Crippen molar-refractivity contribution < 1.29 is 9.18 Å². The Hall–Kier alpha value is -1.68. The summed E-state index contributed by atoms with van der Waals surface area (Å²) in [5, 5.41) is 0. The fraction of sp³-hybridized carbons (Fsp3) is 0.0714. The summed E-state index contributed by atoms with van der Waals surface area (Å²) in [4.78, 5) is 12.1. The second-order valence-electron chi connectivity index (χ2n) is 3.92. The zero-order chi connectivity index (χ0) is 13.1. The summed E-state index contributed by atoms with van der Waals surface area (Å²) in [5.74, 6) is -0.571. The summed E-state index contributed by atoms with van der Waals surface area (Å²) in [7, 11) is 0. The van der Waals surface area contributed by atoms with Crippen molar-refractivity contribution in [1.29, 1.82) is 0 Å². The van der Waals surface area contributed by atoms with Crippen LogP contribution in [0.5, 0.6) is 0 Å². The smallest absolute Gasteiger partial charge is 0.169 e. The number of hydrogen-bond donors (Lipinski definition) is 1. The number of hydrogen-bond acceptors (Lipinski definition) is 2. The Balaban J connectivity index is 2.28. The van der Waals surface area contributed by atoms with Crippen LogP contribution in [0.25, 0.3) is 0 Å². The van der Waals surface area contributed by atoms with Gasteiger partial charge in [-0.3, -0.25) is 4.79 Å². The van der Waals surface area contributed by atoms with E-state index in [4.69, 9.17) is 5.73 Å². The molecule has 0 heterocycles. The summed E-state index contributed by atoms with van der Waals surface area (Å²) < 4.78 is 14.2. The fourth-order valence-electron chi connectivity index (χ4n) is 1.68. The number of nitrogen functional groups attached to an aromatic ring is 1. The molecule has 2 aromatic rings. The van der Waals surface area contributed by atoms with Crippen molar-refractivity contribution in [2.75, 3.05) is 5.73 Å². The molecule has 18 heavy (non-hydrogen) atoms. The van der Waals surface area contributed by atoms with Gasteiger partial charge in [-0.1, -0.05) is 34.1 Å². The quantitative estimate of drug-likeness (QED) is 0.695. The number of rotatable bonds is 3. The molecular formula is C14H11BrFNO. The molecule has 2 nitrogen and oxygen atoms in total. The van der Waals surface area contributed by atoms with Gasteiger partial charge in [0.25, 0.3) is 0 Å². The van der Waals surface area contributed by atoms with Crippen LogP contribution in [0.4, 0.5) is 10.1 Å². The van der Waals surface area contributed by atoms with E-state index in [1.807, 2.05) is 0 Å². The van der Waals surface area contributed by atoms with Gasteiger partial charge in [0.2, 0.25) is 0 Å². The van der Waals surface area contributed by atoms with Crippen LogP contribution in [0.3, 0.4) is 0 Å². The number of halogens is 2. The third-order valence-corrected chi connectivity index (χ3v) is 3.12. The number of nitrogens with two attached hydrogens (primary N) is 1. The second-order valence-corrected chi connectivity index (χ2v) is 4.84. The largest absolute Gasteiger partial charge is 0.398 e. The summed E-state index contributed by atoms with van der Waals surface area (Å²) in [6, 6.07) is 11.3. The Morgan fingerprint density at radius 3 is 2.67 bits per heavy atom. The fourth-order valence-corrected chi connectivity index (χ4v) is 2.04. The molecule has 0 aliphatic rings. The van der Waals surface area contributed by atoms with E-state index in [0.29, 0.717) is 16.8 Å². The summed E-state index contributed by atoms with van der Waals surface area (Å²) in [6.45, 7) is 0. The Morgan fingerprint density at radius 2 is 1.94 bits per heavy atom. The highest BCUT2D eigenvalue weighted by molar-refractivity contribution is 9.10. The lowest BCUT2D eigenvalue weighted by molar-refractivity contribution is 0.0992. The van der Waals surface area contributed by atoms with Gasteiger partial charge < -0.3 is 5.73 Å². The molecule has 0 bridgehead atoms. The van der Waals surface area contributed by atoms with Gasteiger partial charge in [0, 0.05) is 22.1 Å². The predicted molar refractivity (Wildman–Crippen MR) is 73.0 cm³/mol. The number of benzene rings is 2. The molecule has 0 radical (unpaired) electrons. The number of anilines is 1. The van der Waals surface area contributed by atoms with Crippen LogP contribution >= 0.6 is 15.9 Å². The summed E-state index contributed by atoms with van der Waals surface area (Å²) >= 11 is 3.28. The molecule has 4 heteroatoms. The van der Waals surface area contributed by atoms with Gasteiger partial charge in [-0.05, 0) is 29.8 Å². The average molecular weight is 308 g/mol. The van der Waals surface area contributed by atoms with E-state index in [1.165, 1.54) is 6.07 Å². The molecule has 0 aliphatic carbocycles. The maximum Gasteiger partial charge on any atom is 0.169 e. The Morgan fingerprint density at radius 1 is 1.22 bits per heavy atom. The van der Waals surface area contributed by atoms with Crippen molar-refractivity contribution in [1.82, 2.24) is 0 Å². The van der Waals surface area contributed by atoms with Crippen LogP contribution in [-0.2, 0) is 6.42 Å². The Bertz CT molecular complexity index is 598. The molecule has 2 N–H and O–H groups in total. The maximum atomic E-state index is 13.5. The van der Waals surface area contributed by atoms with Crippen LogP contribution in [0.15, 0.2) is 46.9 Å². The molecule has 0 aromatic heterocycles. The summed E-state index contributed by atoms with van der Waals surface area (Å²) in [5.41, 5.74) is 6.94. The van der Waals surface area contributed by atoms with Crippen molar-refractivity contribution in [2.45, 2.75) is 6.42 Å². The first-order valence-electron chi connectivity index (χ1n) is 5.39. The van der Waals surface area contributed by atoms with Gasteiger partial charge in [0.1, 0.15) is 5.82 Å². The monoisotopic (exact) mass is 307 g/mol. The minimum Gasteiger partial charge on any atom is -0.398 e. The molecule has 2 rings (SSSR count). The van der Waals surface area contributed by atoms with Crippen molar-refractivity contribution in [3.8, 4) is 0 Å². The van der Waals surface area contributed by atoms with Gasteiger partial charge >= 0.3 is 0 Å². The lowest BCUT2D eigenvalue weighted by atomic mass is 10.0. The molecule has 2 aromatic carbocycles. The standard InChI is InChI=1S/C14H11BrFNO/c15-10-5-6-13(17)11(8-10)14(18)7-9-3-1-2-4-12(9)16/h1-6,8H,7,17H2. The van der Waals surface area contributed by atoms with Crippen molar-refractivity contribution in [3.05, 3.63) is 63.9 Å². The third-order valence-electron chi connectivity index (χ3n) is 2.62. The van der Waals surface area contributed by atoms with E-state index in [-0.39, 0.29) is 18.0 Å². The topological polar surface area (TPSA) is 43.1 Å². The molecule has 0 atom stereocenters. The molecule has 0 aliphatic heterocycles. The summed E-state index contributed by atoms with van der Waals surface area (Å²) in [6.07, 6.45) is 0.00727. The van der Waals surface area contributed by atoms with Crippen molar-refractivity contribution in [2.24, 2.45) is 0 Å². The third kappa shape index (κ3) is 2.76. The van der Waals surface area contributed by atoms with Gasteiger partial charge in [-0.2, -0.15) is 0 Å². The van der Waals surface area contributed by atoms with Gasteiger partial charge in [-0.15, -0.1) is 0 Å². The van der Waals surface area contributed by atoms with E-state index < -0.39 is 0 Å². The molecule has 0 saturated heterocycles. The van der Waals surface area contributed by atoms with Crippen molar-refractivity contribution in [3.63, 3.8) is 0 Å². The minimum atomic E-state index is -0.376. The first-order chi connectivity index (χ1) is 8.58. The molecule has 0 saturated carbocycles. The van der Waals surface area contributed by atoms with Crippen molar-refractivity contribution >= 4 is 27.4 Å². The second kappa shape index (κ2) is 5.31. The van der Waals surface area contributed by atoms with E-state index >= 15 is 0 Å². The lowest BCUT2D eigenvalue weighted by Crippen LogP contribution is -2.08. The number of carbonyl (C=O) groups excluding carboxylic acids is 1. The number of Topliss-reactive ketones (excluding diaryl/α,β-unsaturated/α-hetero) is 1. The molecule has 92 valence electrons. The highest BCUT2D eigenvalue weighted by Crippen LogP contribution is 2.20. The number of carbonyl (C=O) groups is 1. The number of ketones is 1. The molecule has 0 amide bonds. The Kier molecular flexibility index (Phi) is 3.77. The first kappa shape index (κ1) is 12.8. The van der Waals surface area contributed by atoms with Crippen LogP contribution in [0, 0.1) is 5.82 Å². The van der Waals surface area contributed by atoms with E-state index in [9.17, 15) is 9.18 Å². The van der Waals surface area contributed by atoms with Crippen LogP contribution in [0.1, 0.15) is 15.9 Å². The van der Waals surface area contributed by atoms with E-state index in [2.05, 4.69) is 15.9 Å². The van der Waals surface area contributed by atoms with Gasteiger partial charge in [-0.25, -0.2) is 4.39 Å². The zero-order valence-corrected chi connectivity index (χ0v) is 11.1. The van der Waals surface area contributed by atoms with Gasteiger partial charge in [0.15, 0.2) is 5.78 Å². The normalized spacial score (nSPS) is 10.3. The zero-order valence-electron chi connectivity index (χ0n) is 9.49. The Labute approximate surface area is 113 Å². The van der Waals surface area contributed by atoms with Crippen LogP contribution < -0.4 is 5.73 Å². The SMILES string of the molecule is Nc1ccc(Br)cc1C(=O)Cc1ccccc1F. The van der Waals surface area contributed by atoms with E-state index in [0.717, 1.165) is 4.47 Å². The molecule has 0 fully saturated rings. The van der Waals surface area contributed by atoms with Gasteiger partial charge in [0.05, 0.1) is 0 Å². The maximum absolute atomic E-state index is 13.5. The van der Waals surface area contributed by atoms with Crippen LogP contribution in [-0.4, -0.2) is 5.78 Å². The minimum absolute atomic E-state index is 0.00727. The van der Waals surface area contributed by atoms with E-state index in [1.54, 1.807) is 36.4 Å². The molecular weight excluding hydrogens is 297 g/mol. The molecule has 0 spiro atoms. The average Bonchev–Trinajstić information content (AvgIpc) is 2.35. The highest BCUT2D eigenvalue weighted by atomic mass is 79.9. The predicted octanol–water partition coefficient (Wildman–Crippen LogP) is 3.60. The van der Waals surface area contributed by atoms with Crippen LogP contribution in [0.2, 0.25) is 0 Å². The molecule has 0 unspecified atom stereocenters. The highest BCUT2D eigenvalue weighted by Gasteiger charge is 2.13. The lowest BCUT2D eigenvalue weighted by Gasteiger charge is -2.06. The first-order valence-corrected chi connectivity index (χ1v) is 6.19.